The average molecular weight is 494 g/mol. The van der Waals surface area contributed by atoms with Crippen LogP contribution in [0.2, 0.25) is 0 Å². The Kier molecular flexibility index (Phi) is 12.8. The number of amides is 1. The molecule has 0 atom stereocenters. The van der Waals surface area contributed by atoms with Crippen LogP contribution >= 0.6 is 24.0 Å². The quantitative estimate of drug-likeness (QED) is 0.224. The Hall–Kier alpha value is -1.58. The summed E-state index contributed by atoms with van der Waals surface area (Å²) >= 11 is 0. The maximum atomic E-state index is 13.2. The van der Waals surface area contributed by atoms with E-state index in [1.54, 1.807) is 6.07 Å². The number of hydrogen-bond acceptors (Lipinski definition) is 3. The second-order valence-corrected chi connectivity index (χ2v) is 6.85. The van der Waals surface area contributed by atoms with Crippen LogP contribution in [0.3, 0.4) is 0 Å². The number of benzene rings is 1. The largest absolute Gasteiger partial charge is 0.444 e. The summed E-state index contributed by atoms with van der Waals surface area (Å²) in [6.07, 6.45) is 1.00. The number of nitrogens with zero attached hydrogens (tertiary/aromatic N) is 1. The van der Waals surface area contributed by atoms with Gasteiger partial charge in [0, 0.05) is 26.2 Å². The predicted octanol–water partition coefficient (Wildman–Crippen LogP) is 3.46. The molecule has 0 spiro atoms. The average Bonchev–Trinajstić information content (AvgIpc) is 2.53. The Balaban J connectivity index is 0.00000676. The fourth-order valence-corrected chi connectivity index (χ4v) is 2.13. The molecule has 1 aromatic carbocycles. The molecule has 3 N–H and O–H groups in total. The molecule has 1 aromatic rings. The molecule has 1 rings (SSSR count). The van der Waals surface area contributed by atoms with Gasteiger partial charge >= 0.3 is 6.09 Å². The van der Waals surface area contributed by atoms with Crippen LogP contribution in [0, 0.1) is 5.82 Å². The van der Waals surface area contributed by atoms with Crippen molar-refractivity contribution in [3.8, 4) is 0 Å². The highest BCUT2D eigenvalue weighted by Gasteiger charge is 2.15. The van der Waals surface area contributed by atoms with Crippen LogP contribution in [0.1, 0.15) is 39.7 Å². The van der Waals surface area contributed by atoms with Gasteiger partial charge in [0.2, 0.25) is 0 Å². The summed E-state index contributed by atoms with van der Waals surface area (Å²) in [7, 11) is 0. The normalized spacial score (nSPS) is 11.4. The molecule has 27 heavy (non-hydrogen) atoms. The van der Waals surface area contributed by atoms with Gasteiger partial charge in [-0.3, -0.25) is 4.99 Å². The number of aliphatic imine (C=N–C) groups is 1. The molecule has 1 amide bonds. The van der Waals surface area contributed by atoms with E-state index in [-0.39, 0.29) is 29.8 Å². The lowest BCUT2D eigenvalue weighted by Crippen LogP contribution is -2.38. The van der Waals surface area contributed by atoms with Gasteiger partial charge in [-0.25, -0.2) is 9.18 Å². The van der Waals surface area contributed by atoms with E-state index in [1.807, 2.05) is 33.8 Å². The number of halogens is 2. The Bertz CT molecular complexity index is 591. The van der Waals surface area contributed by atoms with Gasteiger partial charge < -0.3 is 20.7 Å². The van der Waals surface area contributed by atoms with E-state index in [9.17, 15) is 9.18 Å². The summed E-state index contributed by atoms with van der Waals surface area (Å²) in [5, 5.41) is 9.10. The van der Waals surface area contributed by atoms with Crippen molar-refractivity contribution in [2.45, 2.75) is 46.1 Å². The van der Waals surface area contributed by atoms with Crippen molar-refractivity contribution in [2.24, 2.45) is 4.99 Å². The fraction of sp³-hybridized carbons (Fsp3) is 0.579. The zero-order chi connectivity index (χ0) is 19.4. The third-order valence-corrected chi connectivity index (χ3v) is 3.21. The van der Waals surface area contributed by atoms with Crippen molar-refractivity contribution >= 4 is 36.0 Å². The maximum Gasteiger partial charge on any atom is 0.407 e. The molecule has 8 heteroatoms. The molecule has 0 saturated carbocycles. The minimum atomic E-state index is -0.494. The van der Waals surface area contributed by atoms with Crippen LogP contribution in [0.15, 0.2) is 29.3 Å². The number of rotatable bonds is 8. The lowest BCUT2D eigenvalue weighted by Gasteiger charge is -2.19. The van der Waals surface area contributed by atoms with Gasteiger partial charge in [-0.15, -0.1) is 24.0 Å². The van der Waals surface area contributed by atoms with E-state index in [0.717, 1.165) is 12.1 Å². The van der Waals surface area contributed by atoms with Crippen LogP contribution in [0.4, 0.5) is 9.18 Å². The molecule has 0 fully saturated rings. The number of hydrogen-bond donors (Lipinski definition) is 3. The zero-order valence-electron chi connectivity index (χ0n) is 16.6. The first-order chi connectivity index (χ1) is 12.3. The standard InChI is InChI=1S/C19H31FN4O2.HI/c1-5-21-17(23-13-10-15-8-6-9-16(20)14-15)22-11-7-12-24-18(25)26-19(2,3)4;/h6,8-9,14H,5,7,10-13H2,1-4H3,(H,24,25)(H2,21,22,23);1H. The second-order valence-electron chi connectivity index (χ2n) is 6.85. The molecular formula is C19H32FIN4O2. The van der Waals surface area contributed by atoms with Crippen LogP contribution in [-0.4, -0.2) is 43.8 Å². The molecule has 0 aliphatic heterocycles. The summed E-state index contributed by atoms with van der Waals surface area (Å²) in [6, 6.07) is 6.58. The summed E-state index contributed by atoms with van der Waals surface area (Å²) in [5.74, 6) is 0.488. The van der Waals surface area contributed by atoms with E-state index in [1.165, 1.54) is 12.1 Å². The first-order valence-electron chi connectivity index (χ1n) is 9.03. The third kappa shape index (κ3) is 13.3. The van der Waals surface area contributed by atoms with Gasteiger partial charge in [0.25, 0.3) is 0 Å². The fourth-order valence-electron chi connectivity index (χ4n) is 2.13. The summed E-state index contributed by atoms with van der Waals surface area (Å²) in [5.41, 5.74) is 0.446. The van der Waals surface area contributed by atoms with Gasteiger partial charge in [-0.05, 0) is 58.2 Å². The number of carbonyl (C=O) groups is 1. The summed E-state index contributed by atoms with van der Waals surface area (Å²) < 4.78 is 18.3. The Morgan fingerprint density at radius 1 is 1.19 bits per heavy atom. The monoisotopic (exact) mass is 494 g/mol. The molecular weight excluding hydrogens is 462 g/mol. The van der Waals surface area contributed by atoms with Gasteiger partial charge in [0.1, 0.15) is 11.4 Å². The van der Waals surface area contributed by atoms with Gasteiger partial charge in [0.05, 0.1) is 0 Å². The van der Waals surface area contributed by atoms with E-state index in [2.05, 4.69) is 20.9 Å². The molecule has 0 bridgehead atoms. The molecule has 0 aliphatic carbocycles. The molecule has 154 valence electrons. The Labute approximate surface area is 178 Å². The summed E-state index contributed by atoms with van der Waals surface area (Å²) in [6.45, 7) is 9.96. The van der Waals surface area contributed by atoms with Crippen LogP contribution < -0.4 is 16.0 Å². The molecule has 6 nitrogen and oxygen atoms in total. The van der Waals surface area contributed by atoms with Crippen molar-refractivity contribution < 1.29 is 13.9 Å². The first-order valence-corrected chi connectivity index (χ1v) is 9.03. The molecule has 0 saturated heterocycles. The highest BCUT2D eigenvalue weighted by atomic mass is 127. The zero-order valence-corrected chi connectivity index (χ0v) is 18.9. The van der Waals surface area contributed by atoms with Crippen LogP contribution in [0.25, 0.3) is 0 Å². The topological polar surface area (TPSA) is 74.8 Å². The smallest absolute Gasteiger partial charge is 0.407 e. The highest BCUT2D eigenvalue weighted by molar-refractivity contribution is 14.0. The number of guanidine groups is 1. The van der Waals surface area contributed by atoms with Crippen molar-refractivity contribution in [1.29, 1.82) is 0 Å². The lowest BCUT2D eigenvalue weighted by molar-refractivity contribution is 0.0527. The minimum absolute atomic E-state index is 0. The number of nitrogens with one attached hydrogen (secondary N) is 3. The number of alkyl carbamates (subject to hydrolysis) is 1. The van der Waals surface area contributed by atoms with Crippen LogP contribution in [-0.2, 0) is 11.2 Å². The van der Waals surface area contributed by atoms with E-state index >= 15 is 0 Å². The number of ether oxygens (including phenoxy) is 1. The Morgan fingerprint density at radius 2 is 1.93 bits per heavy atom. The number of carbonyl (C=O) groups excluding carboxylic acids is 1. The molecule has 0 radical (unpaired) electrons. The van der Waals surface area contributed by atoms with Crippen molar-refractivity contribution in [1.82, 2.24) is 16.0 Å². The highest BCUT2D eigenvalue weighted by Crippen LogP contribution is 2.06. The van der Waals surface area contributed by atoms with Gasteiger partial charge in [-0.1, -0.05) is 12.1 Å². The molecule has 0 heterocycles. The molecule has 0 unspecified atom stereocenters. The van der Waals surface area contributed by atoms with Crippen molar-refractivity contribution in [3.05, 3.63) is 35.6 Å². The lowest BCUT2D eigenvalue weighted by atomic mass is 10.1. The predicted molar refractivity (Wildman–Crippen MR) is 118 cm³/mol. The van der Waals surface area contributed by atoms with E-state index < -0.39 is 11.7 Å². The van der Waals surface area contributed by atoms with E-state index in [4.69, 9.17) is 4.74 Å². The first kappa shape index (κ1) is 25.4. The van der Waals surface area contributed by atoms with Crippen molar-refractivity contribution in [2.75, 3.05) is 26.2 Å². The van der Waals surface area contributed by atoms with Crippen LogP contribution in [0.5, 0.6) is 0 Å². The molecule has 0 aromatic heterocycles. The SMILES string of the molecule is CCNC(=NCCCNC(=O)OC(C)(C)C)NCCc1cccc(F)c1.I. The maximum absolute atomic E-state index is 13.2. The van der Waals surface area contributed by atoms with Crippen molar-refractivity contribution in [3.63, 3.8) is 0 Å². The third-order valence-electron chi connectivity index (χ3n) is 3.21. The summed E-state index contributed by atoms with van der Waals surface area (Å²) in [4.78, 5) is 16.0. The van der Waals surface area contributed by atoms with Gasteiger partial charge in [0.15, 0.2) is 5.96 Å². The van der Waals surface area contributed by atoms with E-state index in [0.29, 0.717) is 38.4 Å². The van der Waals surface area contributed by atoms with Gasteiger partial charge in [-0.2, -0.15) is 0 Å². The molecule has 0 aliphatic rings. The second kappa shape index (κ2) is 13.6. The minimum Gasteiger partial charge on any atom is -0.444 e. The Morgan fingerprint density at radius 3 is 2.56 bits per heavy atom.